The molecule has 3 nitrogen and oxygen atoms in total. The number of hydrogen-bond acceptors (Lipinski definition) is 4. The lowest BCUT2D eigenvalue weighted by Crippen LogP contribution is -2.38. The van der Waals surface area contributed by atoms with Crippen molar-refractivity contribution in [2.45, 2.75) is 30.9 Å². The van der Waals surface area contributed by atoms with Crippen LogP contribution in [0.3, 0.4) is 0 Å². The standard InChI is InChI=1S/C11H21F3N2OS/c12-11(13,14)18-9-7-16-5-2-10(3-6-16)17-8-1-4-15/h10H,1-9,15H2. The molecule has 0 saturated carbocycles. The van der Waals surface area contributed by atoms with E-state index in [2.05, 4.69) is 4.90 Å². The quantitative estimate of drug-likeness (QED) is 0.727. The van der Waals surface area contributed by atoms with E-state index in [1.165, 1.54) is 0 Å². The first-order valence-corrected chi connectivity index (χ1v) is 7.24. The molecule has 0 aromatic rings. The van der Waals surface area contributed by atoms with Crippen molar-refractivity contribution in [1.82, 2.24) is 4.90 Å². The van der Waals surface area contributed by atoms with E-state index < -0.39 is 5.51 Å². The first-order valence-electron chi connectivity index (χ1n) is 6.26. The van der Waals surface area contributed by atoms with Crippen molar-refractivity contribution in [3.63, 3.8) is 0 Å². The van der Waals surface area contributed by atoms with Gasteiger partial charge in [0.1, 0.15) is 0 Å². The van der Waals surface area contributed by atoms with Gasteiger partial charge in [-0.1, -0.05) is 0 Å². The fourth-order valence-electron chi connectivity index (χ4n) is 1.92. The fourth-order valence-corrected chi connectivity index (χ4v) is 2.50. The number of thioether (sulfide) groups is 1. The minimum Gasteiger partial charge on any atom is -0.378 e. The predicted octanol–water partition coefficient (Wildman–Crippen LogP) is 2.07. The second-order valence-electron chi connectivity index (χ2n) is 4.35. The summed E-state index contributed by atoms with van der Waals surface area (Å²) >= 11 is 0.0581. The van der Waals surface area contributed by atoms with Gasteiger partial charge in [0.05, 0.1) is 6.10 Å². The van der Waals surface area contributed by atoms with Crippen LogP contribution in [0.25, 0.3) is 0 Å². The van der Waals surface area contributed by atoms with Gasteiger partial charge in [0.2, 0.25) is 0 Å². The molecule has 2 N–H and O–H groups in total. The van der Waals surface area contributed by atoms with Crippen LogP contribution in [0.4, 0.5) is 13.2 Å². The molecule has 0 spiro atoms. The molecule has 0 aliphatic carbocycles. The van der Waals surface area contributed by atoms with Gasteiger partial charge in [-0.05, 0) is 37.6 Å². The molecule has 0 radical (unpaired) electrons. The minimum absolute atomic E-state index is 0.0581. The van der Waals surface area contributed by atoms with Crippen LogP contribution in [0, 0.1) is 0 Å². The summed E-state index contributed by atoms with van der Waals surface area (Å²) in [7, 11) is 0. The maximum Gasteiger partial charge on any atom is 0.441 e. The monoisotopic (exact) mass is 286 g/mol. The summed E-state index contributed by atoms with van der Waals surface area (Å²) in [5.41, 5.74) is 1.27. The van der Waals surface area contributed by atoms with E-state index in [1.807, 2.05) is 0 Å². The number of nitrogens with zero attached hydrogens (tertiary/aromatic N) is 1. The van der Waals surface area contributed by atoms with Gasteiger partial charge >= 0.3 is 5.51 Å². The van der Waals surface area contributed by atoms with Crippen molar-refractivity contribution in [2.24, 2.45) is 5.73 Å². The Labute approximate surface area is 110 Å². The Morgan fingerprint density at radius 3 is 2.50 bits per heavy atom. The van der Waals surface area contributed by atoms with E-state index in [-0.39, 0.29) is 23.6 Å². The zero-order chi connectivity index (χ0) is 13.4. The summed E-state index contributed by atoms with van der Waals surface area (Å²) in [4.78, 5) is 2.07. The first-order chi connectivity index (χ1) is 8.51. The Morgan fingerprint density at radius 2 is 1.94 bits per heavy atom. The molecule has 1 fully saturated rings. The average molecular weight is 286 g/mol. The Kier molecular flexibility index (Phi) is 7.36. The summed E-state index contributed by atoms with van der Waals surface area (Å²) in [5.74, 6) is 0.113. The van der Waals surface area contributed by atoms with Crippen LogP contribution < -0.4 is 5.73 Å². The minimum atomic E-state index is -4.11. The maximum absolute atomic E-state index is 12.0. The normalized spacial score (nSPS) is 19.3. The molecule has 108 valence electrons. The number of nitrogens with two attached hydrogens (primary N) is 1. The second kappa shape index (κ2) is 8.24. The van der Waals surface area contributed by atoms with Crippen LogP contribution in [0.15, 0.2) is 0 Å². The molecule has 1 saturated heterocycles. The molecule has 1 aliphatic heterocycles. The lowest BCUT2D eigenvalue weighted by molar-refractivity contribution is -0.0330. The molecule has 18 heavy (non-hydrogen) atoms. The first kappa shape index (κ1) is 16.1. The smallest absolute Gasteiger partial charge is 0.378 e. The summed E-state index contributed by atoms with van der Waals surface area (Å²) in [5, 5.41) is 0. The summed E-state index contributed by atoms with van der Waals surface area (Å²) in [6.45, 7) is 3.47. The van der Waals surface area contributed by atoms with Crippen molar-refractivity contribution < 1.29 is 17.9 Å². The SMILES string of the molecule is NCCCOC1CCN(CCSC(F)(F)F)CC1. The third-order valence-corrected chi connectivity index (χ3v) is 3.62. The number of alkyl halides is 3. The highest BCUT2D eigenvalue weighted by atomic mass is 32.2. The third kappa shape index (κ3) is 7.45. The van der Waals surface area contributed by atoms with Gasteiger partial charge in [0.15, 0.2) is 0 Å². The molecule has 1 heterocycles. The summed E-state index contributed by atoms with van der Waals surface area (Å²) in [6, 6.07) is 0. The molecule has 0 aromatic carbocycles. The van der Waals surface area contributed by atoms with Crippen molar-refractivity contribution in [2.75, 3.05) is 38.5 Å². The fraction of sp³-hybridized carbons (Fsp3) is 1.00. The Morgan fingerprint density at radius 1 is 1.28 bits per heavy atom. The van der Waals surface area contributed by atoms with Crippen molar-refractivity contribution >= 4 is 11.8 Å². The van der Waals surface area contributed by atoms with Crippen molar-refractivity contribution in [3.8, 4) is 0 Å². The molecule has 1 rings (SSSR count). The number of ether oxygens (including phenoxy) is 1. The van der Waals surface area contributed by atoms with Gasteiger partial charge in [0, 0.05) is 32.0 Å². The topological polar surface area (TPSA) is 38.5 Å². The van der Waals surface area contributed by atoms with Gasteiger partial charge < -0.3 is 15.4 Å². The van der Waals surface area contributed by atoms with Crippen molar-refractivity contribution in [1.29, 1.82) is 0 Å². The number of piperidine rings is 1. The largest absolute Gasteiger partial charge is 0.441 e. The second-order valence-corrected chi connectivity index (χ2v) is 5.51. The maximum atomic E-state index is 12.0. The number of hydrogen-bond donors (Lipinski definition) is 1. The molecule has 0 amide bonds. The van der Waals surface area contributed by atoms with Crippen LogP contribution in [0.1, 0.15) is 19.3 Å². The molecule has 0 unspecified atom stereocenters. The highest BCUT2D eigenvalue weighted by Gasteiger charge is 2.28. The van der Waals surface area contributed by atoms with E-state index in [4.69, 9.17) is 10.5 Å². The van der Waals surface area contributed by atoms with E-state index in [9.17, 15) is 13.2 Å². The van der Waals surface area contributed by atoms with Gasteiger partial charge in [0.25, 0.3) is 0 Å². The molecular formula is C11H21F3N2OS. The summed E-state index contributed by atoms with van der Waals surface area (Å²) in [6.07, 6.45) is 2.92. The number of rotatable bonds is 7. The van der Waals surface area contributed by atoms with Crippen LogP contribution in [-0.2, 0) is 4.74 Å². The third-order valence-electron chi connectivity index (χ3n) is 2.91. The number of likely N-dealkylation sites (tertiary alicyclic amines) is 1. The summed E-state index contributed by atoms with van der Waals surface area (Å²) < 4.78 is 41.5. The molecule has 0 atom stereocenters. The van der Waals surface area contributed by atoms with E-state index >= 15 is 0 Å². The zero-order valence-electron chi connectivity index (χ0n) is 10.4. The Bertz CT molecular complexity index is 221. The Balaban J connectivity index is 2.04. The molecular weight excluding hydrogens is 265 g/mol. The van der Waals surface area contributed by atoms with E-state index in [0.29, 0.717) is 19.7 Å². The lowest BCUT2D eigenvalue weighted by Gasteiger charge is -2.31. The lowest BCUT2D eigenvalue weighted by atomic mass is 10.1. The highest BCUT2D eigenvalue weighted by Crippen LogP contribution is 2.30. The van der Waals surface area contributed by atoms with Gasteiger partial charge in [-0.15, -0.1) is 0 Å². The number of halogens is 3. The van der Waals surface area contributed by atoms with E-state index in [1.54, 1.807) is 0 Å². The molecule has 0 aromatic heterocycles. The van der Waals surface area contributed by atoms with Crippen LogP contribution in [0.5, 0.6) is 0 Å². The molecule has 1 aliphatic rings. The van der Waals surface area contributed by atoms with Gasteiger partial charge in [-0.3, -0.25) is 0 Å². The van der Waals surface area contributed by atoms with Gasteiger partial charge in [-0.2, -0.15) is 13.2 Å². The van der Waals surface area contributed by atoms with Crippen LogP contribution in [-0.4, -0.2) is 55.1 Å². The van der Waals surface area contributed by atoms with Crippen LogP contribution >= 0.6 is 11.8 Å². The van der Waals surface area contributed by atoms with Crippen LogP contribution in [0.2, 0.25) is 0 Å². The molecule has 7 heteroatoms. The Hall–Kier alpha value is 0.0200. The molecule has 0 bridgehead atoms. The van der Waals surface area contributed by atoms with E-state index in [0.717, 1.165) is 32.4 Å². The average Bonchev–Trinajstić information content (AvgIpc) is 2.30. The van der Waals surface area contributed by atoms with Crippen molar-refractivity contribution in [3.05, 3.63) is 0 Å². The predicted molar refractivity (Wildman–Crippen MR) is 67.6 cm³/mol. The zero-order valence-corrected chi connectivity index (χ0v) is 11.2. The van der Waals surface area contributed by atoms with Gasteiger partial charge in [-0.25, -0.2) is 0 Å². The highest BCUT2D eigenvalue weighted by molar-refractivity contribution is 8.00.